The molecule has 0 unspecified atom stereocenters. The fraction of sp³-hybridized carbons (Fsp3) is 0.588. The zero-order valence-electron chi connectivity index (χ0n) is 13.8. The van der Waals surface area contributed by atoms with E-state index in [4.69, 9.17) is 14.2 Å². The van der Waals surface area contributed by atoms with Crippen molar-refractivity contribution in [1.29, 1.82) is 0 Å². The molecule has 2 aromatic rings. The highest BCUT2D eigenvalue weighted by Crippen LogP contribution is 2.35. The van der Waals surface area contributed by atoms with Crippen molar-refractivity contribution < 1.29 is 14.4 Å². The van der Waals surface area contributed by atoms with Crippen LogP contribution in [-0.2, 0) is 4.74 Å². The maximum absolute atomic E-state index is 9.91. The molecular weight excluding hydrogens is 308 g/mol. The molecule has 4 heterocycles. The third-order valence-electron chi connectivity index (χ3n) is 4.61. The van der Waals surface area contributed by atoms with Gasteiger partial charge in [0.15, 0.2) is 5.76 Å². The van der Waals surface area contributed by atoms with Gasteiger partial charge >= 0.3 is 0 Å². The first-order chi connectivity index (χ1) is 11.7. The molecule has 2 aliphatic heterocycles. The molecule has 2 aliphatic rings. The molecule has 2 atom stereocenters. The lowest BCUT2D eigenvalue weighted by atomic mass is 10.1. The second kappa shape index (κ2) is 6.49. The van der Waals surface area contributed by atoms with Crippen LogP contribution in [0.1, 0.15) is 43.2 Å². The highest BCUT2D eigenvalue weighted by atomic mass is 16.5. The predicted molar refractivity (Wildman–Crippen MR) is 87.6 cm³/mol. The quantitative estimate of drug-likeness (QED) is 0.924. The lowest BCUT2D eigenvalue weighted by Gasteiger charge is -2.30. The number of anilines is 1. The SMILES string of the molecule is Cc1cc(-c2cnc(N3CCC[C@H](O)C3)nc2[C@@H]2CCCO2)on1. The number of rotatable bonds is 3. The minimum atomic E-state index is -0.315. The number of aryl methyl sites for hydroxylation is 1. The predicted octanol–water partition coefficient (Wildman–Crippen LogP) is 2.25. The molecule has 0 saturated carbocycles. The molecule has 0 spiro atoms. The average molecular weight is 330 g/mol. The van der Waals surface area contributed by atoms with E-state index in [1.54, 1.807) is 6.20 Å². The number of nitrogens with zero attached hydrogens (tertiary/aromatic N) is 4. The number of aliphatic hydroxyl groups is 1. The van der Waals surface area contributed by atoms with Crippen molar-refractivity contribution in [3.8, 4) is 11.3 Å². The second-order valence-electron chi connectivity index (χ2n) is 6.55. The monoisotopic (exact) mass is 330 g/mol. The zero-order valence-corrected chi connectivity index (χ0v) is 13.8. The summed E-state index contributed by atoms with van der Waals surface area (Å²) >= 11 is 0. The third kappa shape index (κ3) is 3.01. The molecule has 24 heavy (non-hydrogen) atoms. The van der Waals surface area contributed by atoms with Crippen LogP contribution in [0.3, 0.4) is 0 Å². The molecule has 0 amide bonds. The van der Waals surface area contributed by atoms with Gasteiger partial charge in [0.05, 0.1) is 23.1 Å². The lowest BCUT2D eigenvalue weighted by Crippen LogP contribution is -2.39. The Labute approximate surface area is 140 Å². The number of β-amino-alcohol motifs (C(OH)–C–C–N with tert-alkyl or cyclic N) is 1. The van der Waals surface area contributed by atoms with Gasteiger partial charge in [0.1, 0.15) is 6.10 Å². The Kier molecular flexibility index (Phi) is 4.20. The van der Waals surface area contributed by atoms with E-state index in [0.29, 0.717) is 18.3 Å². The van der Waals surface area contributed by atoms with Crippen molar-refractivity contribution in [2.45, 2.75) is 44.8 Å². The lowest BCUT2D eigenvalue weighted by molar-refractivity contribution is 0.109. The Hall–Kier alpha value is -1.99. The standard InChI is InChI=1S/C17H22N4O3/c1-11-8-15(24-20-11)13-9-18-17(21-6-2-4-12(22)10-21)19-16(13)14-5-3-7-23-14/h8-9,12,14,22H,2-7,10H2,1H3/t12-,14-/m0/s1. The Morgan fingerprint density at radius 3 is 2.92 bits per heavy atom. The normalized spacial score (nSPS) is 24.5. The maximum Gasteiger partial charge on any atom is 0.225 e. The zero-order chi connectivity index (χ0) is 16.5. The van der Waals surface area contributed by atoms with Crippen LogP contribution in [0.25, 0.3) is 11.3 Å². The van der Waals surface area contributed by atoms with Crippen molar-refractivity contribution in [3.05, 3.63) is 23.7 Å². The van der Waals surface area contributed by atoms with Gasteiger partial charge in [-0.2, -0.15) is 0 Å². The van der Waals surface area contributed by atoms with E-state index >= 15 is 0 Å². The molecule has 7 nitrogen and oxygen atoms in total. The topological polar surface area (TPSA) is 84.5 Å². The van der Waals surface area contributed by atoms with Crippen LogP contribution in [0.4, 0.5) is 5.95 Å². The highest BCUT2D eigenvalue weighted by Gasteiger charge is 2.27. The number of hydrogen-bond donors (Lipinski definition) is 1. The second-order valence-corrected chi connectivity index (χ2v) is 6.55. The van der Waals surface area contributed by atoms with E-state index in [1.807, 2.05) is 17.9 Å². The molecule has 1 N–H and O–H groups in total. The minimum absolute atomic E-state index is 0.0399. The fourth-order valence-corrected chi connectivity index (χ4v) is 3.39. The Bertz CT molecular complexity index is 712. The van der Waals surface area contributed by atoms with Gasteiger partial charge in [-0.05, 0) is 32.6 Å². The van der Waals surface area contributed by atoms with E-state index in [2.05, 4.69) is 10.1 Å². The van der Waals surface area contributed by atoms with Crippen molar-refractivity contribution in [2.75, 3.05) is 24.6 Å². The van der Waals surface area contributed by atoms with E-state index in [9.17, 15) is 5.11 Å². The van der Waals surface area contributed by atoms with Crippen LogP contribution in [0.15, 0.2) is 16.8 Å². The Morgan fingerprint density at radius 2 is 2.21 bits per heavy atom. The summed E-state index contributed by atoms with van der Waals surface area (Å²) in [6.45, 7) is 4.08. The summed E-state index contributed by atoms with van der Waals surface area (Å²) in [5, 5.41) is 13.9. The Morgan fingerprint density at radius 1 is 1.29 bits per heavy atom. The fourth-order valence-electron chi connectivity index (χ4n) is 3.39. The van der Waals surface area contributed by atoms with Crippen LogP contribution in [0.5, 0.6) is 0 Å². The van der Waals surface area contributed by atoms with Crippen molar-refractivity contribution >= 4 is 5.95 Å². The number of aliphatic hydroxyl groups excluding tert-OH is 1. The summed E-state index contributed by atoms with van der Waals surface area (Å²) in [7, 11) is 0. The Balaban J connectivity index is 1.71. The first kappa shape index (κ1) is 15.5. The minimum Gasteiger partial charge on any atom is -0.391 e. The largest absolute Gasteiger partial charge is 0.391 e. The molecular formula is C17H22N4O3. The first-order valence-electron chi connectivity index (χ1n) is 8.56. The molecule has 128 valence electrons. The molecule has 4 rings (SSSR count). The number of aromatic nitrogens is 3. The first-order valence-corrected chi connectivity index (χ1v) is 8.56. The van der Waals surface area contributed by atoms with Gasteiger partial charge in [0, 0.05) is 32.0 Å². The molecule has 0 radical (unpaired) electrons. The van der Waals surface area contributed by atoms with Gasteiger partial charge in [0.25, 0.3) is 0 Å². The molecule has 0 aliphatic carbocycles. The van der Waals surface area contributed by atoms with Gasteiger partial charge in [-0.3, -0.25) is 0 Å². The smallest absolute Gasteiger partial charge is 0.225 e. The number of ether oxygens (including phenoxy) is 1. The molecule has 2 aromatic heterocycles. The molecule has 2 saturated heterocycles. The summed E-state index contributed by atoms with van der Waals surface area (Å²) in [6, 6.07) is 1.89. The van der Waals surface area contributed by atoms with Gasteiger partial charge in [0.2, 0.25) is 5.95 Å². The summed E-state index contributed by atoms with van der Waals surface area (Å²) < 4.78 is 11.3. The van der Waals surface area contributed by atoms with Crippen LogP contribution in [-0.4, -0.2) is 46.0 Å². The summed E-state index contributed by atoms with van der Waals surface area (Å²) in [5.41, 5.74) is 2.52. The van der Waals surface area contributed by atoms with Crippen molar-refractivity contribution in [3.63, 3.8) is 0 Å². The number of hydrogen-bond acceptors (Lipinski definition) is 7. The van der Waals surface area contributed by atoms with Crippen molar-refractivity contribution in [2.24, 2.45) is 0 Å². The van der Waals surface area contributed by atoms with E-state index < -0.39 is 0 Å². The highest BCUT2D eigenvalue weighted by molar-refractivity contribution is 5.61. The van der Waals surface area contributed by atoms with Crippen LogP contribution in [0, 0.1) is 6.92 Å². The summed E-state index contributed by atoms with van der Waals surface area (Å²) in [6.07, 6.45) is 5.20. The van der Waals surface area contributed by atoms with Crippen molar-refractivity contribution in [1.82, 2.24) is 15.1 Å². The third-order valence-corrected chi connectivity index (χ3v) is 4.61. The van der Waals surface area contributed by atoms with Crippen LogP contribution >= 0.6 is 0 Å². The van der Waals surface area contributed by atoms with Crippen LogP contribution < -0.4 is 4.90 Å². The molecule has 7 heteroatoms. The van der Waals surface area contributed by atoms with E-state index in [0.717, 1.165) is 55.8 Å². The van der Waals surface area contributed by atoms with Gasteiger partial charge < -0.3 is 19.3 Å². The maximum atomic E-state index is 9.91. The van der Waals surface area contributed by atoms with Gasteiger partial charge in [-0.25, -0.2) is 9.97 Å². The van der Waals surface area contributed by atoms with Crippen LogP contribution in [0.2, 0.25) is 0 Å². The number of piperidine rings is 1. The average Bonchev–Trinajstić information content (AvgIpc) is 3.26. The summed E-state index contributed by atoms with van der Waals surface area (Å²) in [4.78, 5) is 11.3. The molecule has 0 bridgehead atoms. The van der Waals surface area contributed by atoms with Gasteiger partial charge in [-0.1, -0.05) is 5.16 Å². The molecule has 2 fully saturated rings. The summed E-state index contributed by atoms with van der Waals surface area (Å²) in [5.74, 6) is 1.32. The molecule has 0 aromatic carbocycles. The van der Waals surface area contributed by atoms with E-state index in [-0.39, 0.29) is 12.2 Å². The van der Waals surface area contributed by atoms with E-state index in [1.165, 1.54) is 0 Å². The van der Waals surface area contributed by atoms with Gasteiger partial charge in [-0.15, -0.1) is 0 Å².